The summed E-state index contributed by atoms with van der Waals surface area (Å²) < 4.78 is 0. The number of rotatable bonds is 7. The highest BCUT2D eigenvalue weighted by molar-refractivity contribution is 6.01. The molecule has 0 fully saturated rings. The smallest absolute Gasteiger partial charge is 0.310 e. The molecule has 0 aromatic heterocycles. The van der Waals surface area contributed by atoms with E-state index in [9.17, 15) is 14.4 Å². The molecular formula is C22H26N2O4. The summed E-state index contributed by atoms with van der Waals surface area (Å²) >= 11 is 0. The zero-order valence-corrected chi connectivity index (χ0v) is 16.5. The Labute approximate surface area is 165 Å². The van der Waals surface area contributed by atoms with Gasteiger partial charge in [-0.1, -0.05) is 43.7 Å². The average molecular weight is 382 g/mol. The lowest BCUT2D eigenvalue weighted by molar-refractivity contribution is -0.138. The molecule has 2 atom stereocenters. The second-order valence-electron chi connectivity index (χ2n) is 7.24. The Morgan fingerprint density at radius 2 is 1.61 bits per heavy atom. The van der Waals surface area contributed by atoms with Crippen molar-refractivity contribution in [2.75, 3.05) is 5.32 Å². The van der Waals surface area contributed by atoms with Crippen molar-refractivity contribution in [2.45, 2.75) is 39.7 Å². The van der Waals surface area contributed by atoms with Gasteiger partial charge in [0.15, 0.2) is 0 Å². The topological polar surface area (TPSA) is 95.5 Å². The second kappa shape index (κ2) is 9.17. The first-order valence-corrected chi connectivity index (χ1v) is 9.20. The maximum atomic E-state index is 12.7. The molecule has 0 radical (unpaired) electrons. The minimum atomic E-state index is -0.936. The van der Waals surface area contributed by atoms with Gasteiger partial charge in [0.2, 0.25) is 5.91 Å². The average Bonchev–Trinajstić information content (AvgIpc) is 2.65. The van der Waals surface area contributed by atoms with Crippen LogP contribution in [-0.2, 0) is 9.59 Å². The highest BCUT2D eigenvalue weighted by atomic mass is 16.4. The minimum absolute atomic E-state index is 0.129. The van der Waals surface area contributed by atoms with Gasteiger partial charge in [-0.25, -0.2) is 0 Å². The van der Waals surface area contributed by atoms with Crippen LogP contribution in [0.25, 0.3) is 0 Å². The van der Waals surface area contributed by atoms with Crippen LogP contribution in [0, 0.1) is 12.8 Å². The van der Waals surface area contributed by atoms with Gasteiger partial charge in [-0.15, -0.1) is 0 Å². The van der Waals surface area contributed by atoms with Crippen molar-refractivity contribution >= 4 is 23.5 Å². The van der Waals surface area contributed by atoms with Crippen LogP contribution in [0.15, 0.2) is 48.5 Å². The Bertz CT molecular complexity index is 859. The number of aryl methyl sites for hydroxylation is 1. The monoisotopic (exact) mass is 382 g/mol. The molecule has 0 spiro atoms. The Morgan fingerprint density at radius 3 is 2.18 bits per heavy atom. The first-order chi connectivity index (χ1) is 13.2. The van der Waals surface area contributed by atoms with Gasteiger partial charge in [0.25, 0.3) is 5.91 Å². The molecule has 0 saturated carbocycles. The fourth-order valence-corrected chi connectivity index (χ4v) is 2.71. The fraction of sp³-hybridized carbons (Fsp3) is 0.318. The van der Waals surface area contributed by atoms with Gasteiger partial charge in [-0.3, -0.25) is 14.4 Å². The normalized spacial score (nSPS) is 12.9. The molecule has 28 heavy (non-hydrogen) atoms. The van der Waals surface area contributed by atoms with E-state index in [0.29, 0.717) is 16.8 Å². The Balaban J connectivity index is 2.13. The third kappa shape index (κ3) is 5.42. The van der Waals surface area contributed by atoms with E-state index in [1.54, 1.807) is 43.3 Å². The quantitative estimate of drug-likeness (QED) is 0.682. The number of hydrogen-bond donors (Lipinski definition) is 3. The van der Waals surface area contributed by atoms with Crippen molar-refractivity contribution in [3.8, 4) is 0 Å². The Hall–Kier alpha value is -3.15. The molecule has 0 bridgehead atoms. The largest absolute Gasteiger partial charge is 0.481 e. The van der Waals surface area contributed by atoms with Crippen LogP contribution >= 0.6 is 0 Å². The maximum Gasteiger partial charge on any atom is 0.310 e. The van der Waals surface area contributed by atoms with E-state index in [1.807, 2.05) is 32.9 Å². The molecule has 2 unspecified atom stereocenters. The molecule has 3 N–H and O–H groups in total. The Morgan fingerprint density at radius 1 is 0.964 bits per heavy atom. The summed E-state index contributed by atoms with van der Waals surface area (Å²) in [5, 5.41) is 14.7. The number of carbonyl (C=O) groups excluding carboxylic acids is 2. The number of hydrogen-bond acceptors (Lipinski definition) is 3. The fourth-order valence-electron chi connectivity index (χ4n) is 2.71. The van der Waals surface area contributed by atoms with E-state index in [4.69, 9.17) is 5.11 Å². The third-order valence-electron chi connectivity index (χ3n) is 4.57. The summed E-state index contributed by atoms with van der Waals surface area (Å²) in [5.74, 6) is -2.42. The van der Waals surface area contributed by atoms with Crippen molar-refractivity contribution in [3.05, 3.63) is 65.2 Å². The van der Waals surface area contributed by atoms with Gasteiger partial charge < -0.3 is 15.7 Å². The van der Waals surface area contributed by atoms with Gasteiger partial charge in [-0.05, 0) is 49.6 Å². The predicted molar refractivity (Wildman–Crippen MR) is 108 cm³/mol. The number of benzene rings is 2. The molecule has 2 aromatic rings. The van der Waals surface area contributed by atoms with Gasteiger partial charge in [0.05, 0.1) is 5.92 Å². The summed E-state index contributed by atoms with van der Waals surface area (Å²) in [6, 6.07) is 13.1. The van der Waals surface area contributed by atoms with Gasteiger partial charge >= 0.3 is 5.97 Å². The van der Waals surface area contributed by atoms with Gasteiger partial charge in [0, 0.05) is 11.3 Å². The predicted octanol–water partition coefficient (Wildman–Crippen LogP) is 3.58. The van der Waals surface area contributed by atoms with Crippen molar-refractivity contribution < 1.29 is 19.5 Å². The van der Waals surface area contributed by atoms with E-state index < -0.39 is 17.9 Å². The van der Waals surface area contributed by atoms with Gasteiger partial charge in [-0.2, -0.15) is 0 Å². The van der Waals surface area contributed by atoms with E-state index in [1.165, 1.54) is 0 Å². The van der Waals surface area contributed by atoms with Crippen LogP contribution < -0.4 is 10.6 Å². The molecule has 2 rings (SSSR count). The van der Waals surface area contributed by atoms with Gasteiger partial charge in [0.1, 0.15) is 6.04 Å². The molecule has 0 saturated heterocycles. The van der Waals surface area contributed by atoms with Crippen LogP contribution in [0.3, 0.4) is 0 Å². The number of amides is 2. The highest BCUT2D eigenvalue weighted by Gasteiger charge is 2.25. The summed E-state index contributed by atoms with van der Waals surface area (Å²) in [6.45, 7) is 7.22. The number of aliphatic carboxylic acids is 1. The van der Waals surface area contributed by atoms with Crippen LogP contribution in [0.4, 0.5) is 5.69 Å². The molecule has 0 aliphatic heterocycles. The summed E-state index contributed by atoms with van der Waals surface area (Å²) in [5.41, 5.74) is 2.62. The third-order valence-corrected chi connectivity index (χ3v) is 4.57. The van der Waals surface area contributed by atoms with Crippen LogP contribution in [0.5, 0.6) is 0 Å². The standard InChI is InChI=1S/C22H26N2O4/c1-13(2)19(24-20(25)16-10-8-14(3)9-11-16)21(26)23-18-7-5-6-17(12-18)15(4)22(27)28/h5-13,15,19H,1-4H3,(H,23,26)(H,24,25)(H,27,28). The molecule has 0 aliphatic carbocycles. The minimum Gasteiger partial charge on any atom is -0.481 e. The van der Waals surface area contributed by atoms with Crippen LogP contribution in [-0.4, -0.2) is 28.9 Å². The molecule has 6 nitrogen and oxygen atoms in total. The number of carbonyl (C=O) groups is 3. The second-order valence-corrected chi connectivity index (χ2v) is 7.24. The van der Waals surface area contributed by atoms with Crippen LogP contribution in [0.2, 0.25) is 0 Å². The van der Waals surface area contributed by atoms with E-state index in [-0.39, 0.29) is 17.7 Å². The van der Waals surface area contributed by atoms with E-state index >= 15 is 0 Å². The molecule has 0 aliphatic rings. The molecular weight excluding hydrogens is 356 g/mol. The molecule has 148 valence electrons. The van der Waals surface area contributed by atoms with Crippen molar-refractivity contribution in [1.29, 1.82) is 0 Å². The van der Waals surface area contributed by atoms with Crippen molar-refractivity contribution in [2.24, 2.45) is 5.92 Å². The van der Waals surface area contributed by atoms with Crippen molar-refractivity contribution in [3.63, 3.8) is 0 Å². The zero-order valence-electron chi connectivity index (χ0n) is 16.5. The lowest BCUT2D eigenvalue weighted by Gasteiger charge is -2.22. The number of nitrogens with one attached hydrogen (secondary N) is 2. The maximum absolute atomic E-state index is 12.7. The lowest BCUT2D eigenvalue weighted by atomic mass is 10.00. The van der Waals surface area contributed by atoms with E-state index in [2.05, 4.69) is 10.6 Å². The first kappa shape index (κ1) is 21.2. The van der Waals surface area contributed by atoms with Crippen molar-refractivity contribution in [1.82, 2.24) is 5.32 Å². The number of carboxylic acid groups (broad SMARTS) is 1. The summed E-state index contributed by atoms with van der Waals surface area (Å²) in [7, 11) is 0. The summed E-state index contributed by atoms with van der Waals surface area (Å²) in [4.78, 5) is 36.4. The highest BCUT2D eigenvalue weighted by Crippen LogP contribution is 2.20. The molecule has 2 aromatic carbocycles. The number of carboxylic acids is 1. The lowest BCUT2D eigenvalue weighted by Crippen LogP contribution is -2.47. The van der Waals surface area contributed by atoms with E-state index in [0.717, 1.165) is 5.56 Å². The molecule has 6 heteroatoms. The molecule has 0 heterocycles. The zero-order chi connectivity index (χ0) is 20.8. The SMILES string of the molecule is Cc1ccc(C(=O)NC(C(=O)Nc2cccc(C(C)C(=O)O)c2)C(C)C)cc1. The number of anilines is 1. The van der Waals surface area contributed by atoms with Crippen LogP contribution in [0.1, 0.15) is 48.2 Å². The first-order valence-electron chi connectivity index (χ1n) is 9.20. The summed E-state index contributed by atoms with van der Waals surface area (Å²) in [6.07, 6.45) is 0. The Kier molecular flexibility index (Phi) is 6.93. The molecule has 2 amide bonds.